The largest absolute Gasteiger partial charge is 0.454 e. The first-order chi connectivity index (χ1) is 8.15. The zero-order chi connectivity index (χ0) is 12.0. The van der Waals surface area contributed by atoms with Crippen LogP contribution in [0.4, 0.5) is 5.82 Å². The van der Waals surface area contributed by atoms with Gasteiger partial charge in [0.25, 0.3) is 0 Å². The van der Waals surface area contributed by atoms with Crippen LogP contribution in [0, 0.1) is 0 Å². The van der Waals surface area contributed by atoms with Crippen LogP contribution in [0.3, 0.4) is 0 Å². The van der Waals surface area contributed by atoms with Crippen molar-refractivity contribution in [2.45, 2.75) is 0 Å². The van der Waals surface area contributed by atoms with Gasteiger partial charge in [0.1, 0.15) is 5.82 Å². The number of fused-ring (bicyclic) bond motifs is 1. The van der Waals surface area contributed by atoms with Crippen LogP contribution in [-0.4, -0.2) is 16.6 Å². The van der Waals surface area contributed by atoms with E-state index in [-0.39, 0.29) is 6.79 Å². The van der Waals surface area contributed by atoms with Crippen molar-refractivity contribution >= 4 is 17.4 Å². The van der Waals surface area contributed by atoms with E-state index in [1.807, 2.05) is 6.07 Å². The first-order valence-electron chi connectivity index (χ1n) is 5.04. The second-order valence-corrected chi connectivity index (χ2v) is 4.18. The molecular weight excluding hydrogens is 242 g/mol. The zero-order valence-corrected chi connectivity index (χ0v) is 9.86. The Hall–Kier alpha value is -1.88. The number of halogens is 1. The van der Waals surface area contributed by atoms with Crippen LogP contribution in [-0.2, 0) is 7.05 Å². The van der Waals surface area contributed by atoms with Gasteiger partial charge >= 0.3 is 0 Å². The predicted molar refractivity (Wildman–Crippen MR) is 64.2 cm³/mol. The molecule has 0 radical (unpaired) electrons. The highest BCUT2D eigenvalue weighted by atomic mass is 35.5. The smallest absolute Gasteiger partial charge is 0.231 e. The normalized spacial score (nSPS) is 13.1. The third kappa shape index (κ3) is 1.59. The quantitative estimate of drug-likeness (QED) is 0.843. The number of hydrogen-bond donors (Lipinski definition) is 1. The SMILES string of the molecule is Cn1nc(-c2cc(Cl)c3c(c2)OCO3)cc1N. The molecule has 1 aliphatic rings. The third-order valence-electron chi connectivity index (χ3n) is 2.64. The summed E-state index contributed by atoms with van der Waals surface area (Å²) < 4.78 is 12.2. The molecule has 6 heteroatoms. The summed E-state index contributed by atoms with van der Waals surface area (Å²) in [6.07, 6.45) is 0. The minimum Gasteiger partial charge on any atom is -0.454 e. The first kappa shape index (κ1) is 10.3. The van der Waals surface area contributed by atoms with Gasteiger partial charge in [-0.05, 0) is 12.1 Å². The number of benzene rings is 1. The van der Waals surface area contributed by atoms with Gasteiger partial charge in [-0.25, -0.2) is 0 Å². The van der Waals surface area contributed by atoms with Gasteiger partial charge in [0.15, 0.2) is 11.5 Å². The molecule has 88 valence electrons. The summed E-state index contributed by atoms with van der Waals surface area (Å²) in [4.78, 5) is 0. The van der Waals surface area contributed by atoms with Crippen LogP contribution in [0.2, 0.25) is 5.02 Å². The van der Waals surface area contributed by atoms with Crippen molar-refractivity contribution in [3.63, 3.8) is 0 Å². The average molecular weight is 252 g/mol. The van der Waals surface area contributed by atoms with Crippen molar-refractivity contribution in [2.24, 2.45) is 7.05 Å². The molecule has 0 atom stereocenters. The Bertz CT molecular complexity index is 575. The second-order valence-electron chi connectivity index (χ2n) is 3.77. The van der Waals surface area contributed by atoms with Crippen LogP contribution in [0.1, 0.15) is 0 Å². The summed E-state index contributed by atoms with van der Waals surface area (Å²) >= 11 is 6.10. The number of anilines is 1. The van der Waals surface area contributed by atoms with E-state index in [9.17, 15) is 0 Å². The maximum atomic E-state index is 6.10. The lowest BCUT2D eigenvalue weighted by Gasteiger charge is -2.02. The summed E-state index contributed by atoms with van der Waals surface area (Å²) in [5.41, 5.74) is 7.35. The molecule has 0 unspecified atom stereocenters. The lowest BCUT2D eigenvalue weighted by molar-refractivity contribution is 0.174. The molecule has 0 bridgehead atoms. The second kappa shape index (κ2) is 3.56. The number of nitrogens with zero attached hydrogens (tertiary/aromatic N) is 2. The molecule has 2 heterocycles. The zero-order valence-electron chi connectivity index (χ0n) is 9.11. The minimum atomic E-state index is 0.197. The highest BCUT2D eigenvalue weighted by molar-refractivity contribution is 6.32. The van der Waals surface area contributed by atoms with Gasteiger partial charge < -0.3 is 15.2 Å². The molecule has 17 heavy (non-hydrogen) atoms. The Kier molecular flexibility index (Phi) is 2.16. The molecule has 1 aromatic heterocycles. The number of rotatable bonds is 1. The van der Waals surface area contributed by atoms with Gasteiger partial charge in [-0.2, -0.15) is 5.10 Å². The Morgan fingerprint density at radius 1 is 1.35 bits per heavy atom. The molecule has 0 aliphatic carbocycles. The van der Waals surface area contributed by atoms with Gasteiger partial charge in [-0.3, -0.25) is 4.68 Å². The van der Waals surface area contributed by atoms with Crippen molar-refractivity contribution in [1.82, 2.24) is 9.78 Å². The van der Waals surface area contributed by atoms with E-state index in [2.05, 4.69) is 5.10 Å². The van der Waals surface area contributed by atoms with Gasteiger partial charge in [0.05, 0.1) is 10.7 Å². The van der Waals surface area contributed by atoms with Gasteiger partial charge in [-0.15, -0.1) is 0 Å². The summed E-state index contributed by atoms with van der Waals surface area (Å²) in [7, 11) is 1.79. The number of nitrogen functional groups attached to an aromatic ring is 1. The molecule has 2 aromatic rings. The molecule has 0 saturated heterocycles. The topological polar surface area (TPSA) is 62.3 Å². The van der Waals surface area contributed by atoms with Crippen molar-refractivity contribution in [3.05, 3.63) is 23.2 Å². The van der Waals surface area contributed by atoms with Crippen LogP contribution in [0.25, 0.3) is 11.3 Å². The summed E-state index contributed by atoms with van der Waals surface area (Å²) in [5.74, 6) is 1.81. The maximum absolute atomic E-state index is 6.10. The van der Waals surface area contributed by atoms with E-state index in [1.165, 1.54) is 0 Å². The number of nitrogens with two attached hydrogens (primary N) is 1. The fourth-order valence-corrected chi connectivity index (χ4v) is 2.00. The van der Waals surface area contributed by atoms with Gasteiger partial charge in [-0.1, -0.05) is 11.6 Å². The van der Waals surface area contributed by atoms with Crippen LogP contribution in [0.5, 0.6) is 11.5 Å². The van der Waals surface area contributed by atoms with Crippen molar-refractivity contribution in [2.75, 3.05) is 12.5 Å². The molecule has 0 amide bonds. The van der Waals surface area contributed by atoms with E-state index < -0.39 is 0 Å². The lowest BCUT2D eigenvalue weighted by atomic mass is 10.1. The van der Waals surface area contributed by atoms with Crippen molar-refractivity contribution in [3.8, 4) is 22.8 Å². The molecule has 0 fully saturated rings. The standard InChI is InChI=1S/C11H10ClN3O2/c1-15-10(13)4-8(14-15)6-2-7(12)11-9(3-6)16-5-17-11/h2-4H,5,13H2,1H3. The van der Waals surface area contributed by atoms with Gasteiger partial charge in [0.2, 0.25) is 6.79 Å². The van der Waals surface area contributed by atoms with Crippen LogP contribution >= 0.6 is 11.6 Å². The number of hydrogen-bond acceptors (Lipinski definition) is 4. The van der Waals surface area contributed by atoms with E-state index >= 15 is 0 Å². The molecular formula is C11H10ClN3O2. The van der Waals surface area contributed by atoms with E-state index in [0.29, 0.717) is 22.3 Å². The van der Waals surface area contributed by atoms with E-state index in [4.69, 9.17) is 26.8 Å². The lowest BCUT2D eigenvalue weighted by Crippen LogP contribution is -1.96. The molecule has 3 rings (SSSR count). The summed E-state index contributed by atoms with van der Waals surface area (Å²) in [6.45, 7) is 0.197. The third-order valence-corrected chi connectivity index (χ3v) is 2.92. The Balaban J connectivity index is 2.13. The molecule has 2 N–H and O–H groups in total. The molecule has 0 spiro atoms. The fraction of sp³-hybridized carbons (Fsp3) is 0.182. The summed E-state index contributed by atoms with van der Waals surface area (Å²) in [5, 5.41) is 4.80. The maximum Gasteiger partial charge on any atom is 0.231 e. The highest BCUT2D eigenvalue weighted by Gasteiger charge is 2.19. The minimum absolute atomic E-state index is 0.197. The average Bonchev–Trinajstić information content (AvgIpc) is 2.87. The van der Waals surface area contributed by atoms with E-state index in [0.717, 1.165) is 11.3 Å². The van der Waals surface area contributed by atoms with Crippen LogP contribution in [0.15, 0.2) is 18.2 Å². The predicted octanol–water partition coefficient (Wildman–Crippen LogP) is 2.05. The Morgan fingerprint density at radius 2 is 2.18 bits per heavy atom. The Labute approximate surface area is 103 Å². The monoisotopic (exact) mass is 251 g/mol. The van der Waals surface area contributed by atoms with E-state index in [1.54, 1.807) is 23.9 Å². The molecule has 0 saturated carbocycles. The number of aryl methyl sites for hydroxylation is 1. The Morgan fingerprint density at radius 3 is 2.88 bits per heavy atom. The number of aromatic nitrogens is 2. The number of ether oxygens (including phenoxy) is 2. The molecule has 1 aliphatic heterocycles. The molecule has 1 aromatic carbocycles. The van der Waals surface area contributed by atoms with Crippen molar-refractivity contribution in [1.29, 1.82) is 0 Å². The highest BCUT2D eigenvalue weighted by Crippen LogP contribution is 2.42. The van der Waals surface area contributed by atoms with Crippen LogP contribution < -0.4 is 15.2 Å². The first-order valence-corrected chi connectivity index (χ1v) is 5.42. The van der Waals surface area contributed by atoms with Gasteiger partial charge in [0, 0.05) is 18.7 Å². The van der Waals surface area contributed by atoms with Crippen molar-refractivity contribution < 1.29 is 9.47 Å². The fourth-order valence-electron chi connectivity index (χ4n) is 1.74. The summed E-state index contributed by atoms with van der Waals surface area (Å²) in [6, 6.07) is 5.42. The molecule has 5 nitrogen and oxygen atoms in total.